The Hall–Kier alpha value is -1.13. The molecule has 15 heavy (non-hydrogen) atoms. The average molecular weight is 207 g/mol. The smallest absolute Gasteiger partial charge is 0.252 e. The molecule has 1 unspecified atom stereocenters. The van der Waals surface area contributed by atoms with E-state index in [0.29, 0.717) is 18.0 Å². The second-order valence-electron chi connectivity index (χ2n) is 4.22. The Balaban J connectivity index is 2.23. The maximum Gasteiger partial charge on any atom is 0.252 e. The minimum Gasteiger partial charge on any atom is -0.326 e. The zero-order valence-electron chi connectivity index (χ0n) is 8.99. The Labute approximate surface area is 89.1 Å². The minimum absolute atomic E-state index is 0.0375. The molecule has 0 saturated carbocycles. The number of hydrogen-bond acceptors (Lipinski definition) is 3. The van der Waals surface area contributed by atoms with E-state index in [-0.39, 0.29) is 5.56 Å². The van der Waals surface area contributed by atoms with Crippen LogP contribution in [0.5, 0.6) is 0 Å². The second-order valence-corrected chi connectivity index (χ2v) is 4.22. The zero-order valence-corrected chi connectivity index (χ0v) is 8.99. The lowest BCUT2D eigenvalue weighted by Gasteiger charge is -2.10. The summed E-state index contributed by atoms with van der Waals surface area (Å²) in [5, 5.41) is 0. The molecule has 1 fully saturated rings. The first-order chi connectivity index (χ1) is 7.20. The van der Waals surface area contributed by atoms with Crippen LogP contribution in [0.15, 0.2) is 16.9 Å². The van der Waals surface area contributed by atoms with Gasteiger partial charge in [-0.2, -0.15) is 0 Å². The fraction of sp³-hybridized carbons (Fsp3) is 0.545. The van der Waals surface area contributed by atoms with Gasteiger partial charge in [-0.05, 0) is 26.1 Å². The molecule has 1 aromatic heterocycles. The molecule has 4 heteroatoms. The number of H-pyrrole nitrogens is 1. The minimum atomic E-state index is -0.0375. The van der Waals surface area contributed by atoms with E-state index >= 15 is 0 Å². The summed E-state index contributed by atoms with van der Waals surface area (Å²) >= 11 is 0. The first-order valence-corrected chi connectivity index (χ1v) is 5.31. The number of likely N-dealkylation sites (N-methyl/N-ethyl adjacent to an activating group) is 1. The zero-order chi connectivity index (χ0) is 10.8. The number of hydrogen-bond donors (Lipinski definition) is 2. The fourth-order valence-corrected chi connectivity index (χ4v) is 2.11. The van der Waals surface area contributed by atoms with Crippen LogP contribution in [0.25, 0.3) is 0 Å². The molecule has 0 amide bonds. The van der Waals surface area contributed by atoms with Gasteiger partial charge in [0.15, 0.2) is 0 Å². The highest BCUT2D eigenvalue weighted by atomic mass is 16.1. The van der Waals surface area contributed by atoms with E-state index in [1.54, 1.807) is 0 Å². The SMILES string of the molecule is CN1CCC(c2ccc(CN)c(=O)[nH]2)C1. The van der Waals surface area contributed by atoms with Crippen molar-refractivity contribution in [1.82, 2.24) is 9.88 Å². The first kappa shape index (κ1) is 10.4. The Morgan fingerprint density at radius 1 is 1.60 bits per heavy atom. The van der Waals surface area contributed by atoms with Crippen LogP contribution in [0.4, 0.5) is 0 Å². The van der Waals surface area contributed by atoms with Crippen LogP contribution < -0.4 is 11.3 Å². The lowest BCUT2D eigenvalue weighted by molar-refractivity contribution is 0.410. The summed E-state index contributed by atoms with van der Waals surface area (Å²) in [6.45, 7) is 2.43. The molecule has 0 radical (unpaired) electrons. The third-order valence-corrected chi connectivity index (χ3v) is 3.06. The topological polar surface area (TPSA) is 62.1 Å². The second kappa shape index (κ2) is 4.16. The summed E-state index contributed by atoms with van der Waals surface area (Å²) in [5.41, 5.74) is 7.11. The van der Waals surface area contributed by atoms with Gasteiger partial charge in [0, 0.05) is 30.3 Å². The van der Waals surface area contributed by atoms with Crippen molar-refractivity contribution in [3.63, 3.8) is 0 Å². The standard InChI is InChI=1S/C11H17N3O/c1-14-5-4-9(7-14)10-3-2-8(6-12)11(15)13-10/h2-3,9H,4-7,12H2,1H3,(H,13,15). The largest absolute Gasteiger partial charge is 0.326 e. The quantitative estimate of drug-likeness (QED) is 0.731. The summed E-state index contributed by atoms with van der Waals surface area (Å²) < 4.78 is 0. The summed E-state index contributed by atoms with van der Waals surface area (Å²) in [7, 11) is 2.10. The molecule has 2 rings (SSSR count). The predicted octanol–water partition coefficient (Wildman–Crippen LogP) is 0.253. The summed E-state index contributed by atoms with van der Waals surface area (Å²) in [6, 6.07) is 3.83. The van der Waals surface area contributed by atoms with Gasteiger partial charge >= 0.3 is 0 Å². The number of nitrogens with one attached hydrogen (secondary N) is 1. The number of nitrogens with zero attached hydrogens (tertiary/aromatic N) is 1. The van der Waals surface area contributed by atoms with E-state index in [9.17, 15) is 4.79 Å². The van der Waals surface area contributed by atoms with Crippen LogP contribution in [-0.2, 0) is 6.54 Å². The van der Waals surface area contributed by atoms with Crippen molar-refractivity contribution >= 4 is 0 Å². The molecule has 1 aliphatic heterocycles. The molecule has 0 spiro atoms. The normalized spacial score (nSPS) is 22.1. The maximum absolute atomic E-state index is 11.6. The highest BCUT2D eigenvalue weighted by Gasteiger charge is 2.21. The molecule has 2 heterocycles. The Morgan fingerprint density at radius 3 is 2.93 bits per heavy atom. The molecule has 0 aliphatic carbocycles. The summed E-state index contributed by atoms with van der Waals surface area (Å²) in [4.78, 5) is 16.8. The number of aromatic amines is 1. The molecule has 1 atom stereocenters. The van der Waals surface area contributed by atoms with Gasteiger partial charge in [0.05, 0.1) is 0 Å². The molecule has 1 saturated heterocycles. The molecule has 3 N–H and O–H groups in total. The number of rotatable bonds is 2. The molecule has 1 aromatic rings. The Bertz CT molecular complexity index is 399. The van der Waals surface area contributed by atoms with E-state index in [1.165, 1.54) is 0 Å². The van der Waals surface area contributed by atoms with Gasteiger partial charge < -0.3 is 15.6 Å². The van der Waals surface area contributed by atoms with E-state index in [2.05, 4.69) is 16.9 Å². The van der Waals surface area contributed by atoms with Crippen molar-refractivity contribution in [1.29, 1.82) is 0 Å². The molecule has 1 aliphatic rings. The predicted molar refractivity (Wildman–Crippen MR) is 59.8 cm³/mol. The van der Waals surface area contributed by atoms with Crippen molar-refractivity contribution in [2.75, 3.05) is 20.1 Å². The van der Waals surface area contributed by atoms with Crippen LogP contribution >= 0.6 is 0 Å². The highest BCUT2D eigenvalue weighted by molar-refractivity contribution is 5.18. The third kappa shape index (κ3) is 2.11. The molecule has 0 aromatic carbocycles. The fourth-order valence-electron chi connectivity index (χ4n) is 2.11. The molecule has 4 nitrogen and oxygen atoms in total. The Morgan fingerprint density at radius 2 is 2.40 bits per heavy atom. The molecular formula is C11H17N3O. The number of likely N-dealkylation sites (tertiary alicyclic amines) is 1. The summed E-state index contributed by atoms with van der Waals surface area (Å²) in [6.07, 6.45) is 1.12. The lowest BCUT2D eigenvalue weighted by Crippen LogP contribution is -2.19. The number of nitrogens with two attached hydrogens (primary N) is 1. The van der Waals surface area contributed by atoms with Crippen LogP contribution in [0.2, 0.25) is 0 Å². The van der Waals surface area contributed by atoms with Gasteiger partial charge in [0.2, 0.25) is 0 Å². The van der Waals surface area contributed by atoms with Gasteiger partial charge in [-0.1, -0.05) is 6.07 Å². The van der Waals surface area contributed by atoms with Gasteiger partial charge in [-0.3, -0.25) is 4.79 Å². The van der Waals surface area contributed by atoms with Crippen molar-refractivity contribution < 1.29 is 0 Å². The molecular weight excluding hydrogens is 190 g/mol. The van der Waals surface area contributed by atoms with Crippen LogP contribution in [0, 0.1) is 0 Å². The van der Waals surface area contributed by atoms with Crippen LogP contribution in [0.3, 0.4) is 0 Å². The van der Waals surface area contributed by atoms with Gasteiger partial charge in [-0.15, -0.1) is 0 Å². The van der Waals surface area contributed by atoms with Crippen molar-refractivity contribution in [3.8, 4) is 0 Å². The van der Waals surface area contributed by atoms with Crippen molar-refractivity contribution in [3.05, 3.63) is 33.7 Å². The number of pyridine rings is 1. The lowest BCUT2D eigenvalue weighted by atomic mass is 10.0. The first-order valence-electron chi connectivity index (χ1n) is 5.31. The third-order valence-electron chi connectivity index (χ3n) is 3.06. The van der Waals surface area contributed by atoms with E-state index in [0.717, 1.165) is 25.2 Å². The average Bonchev–Trinajstić information content (AvgIpc) is 2.65. The molecule has 0 bridgehead atoms. The van der Waals surface area contributed by atoms with Crippen molar-refractivity contribution in [2.24, 2.45) is 5.73 Å². The highest BCUT2D eigenvalue weighted by Crippen LogP contribution is 2.23. The number of aromatic nitrogens is 1. The Kier molecular flexibility index (Phi) is 2.88. The van der Waals surface area contributed by atoms with Crippen LogP contribution in [-0.4, -0.2) is 30.0 Å². The molecule has 82 valence electrons. The van der Waals surface area contributed by atoms with Gasteiger partial charge in [-0.25, -0.2) is 0 Å². The maximum atomic E-state index is 11.6. The van der Waals surface area contributed by atoms with Gasteiger partial charge in [0.1, 0.15) is 0 Å². The van der Waals surface area contributed by atoms with E-state index in [1.807, 2.05) is 12.1 Å². The van der Waals surface area contributed by atoms with Crippen molar-refractivity contribution in [2.45, 2.75) is 18.9 Å². The summed E-state index contributed by atoms with van der Waals surface area (Å²) in [5.74, 6) is 0.467. The van der Waals surface area contributed by atoms with E-state index < -0.39 is 0 Å². The van der Waals surface area contributed by atoms with Crippen LogP contribution in [0.1, 0.15) is 23.6 Å². The van der Waals surface area contributed by atoms with Gasteiger partial charge in [0.25, 0.3) is 5.56 Å². The van der Waals surface area contributed by atoms with E-state index in [4.69, 9.17) is 5.73 Å². The monoisotopic (exact) mass is 207 g/mol.